The average molecular weight is 367 g/mol. The molecular weight excluding hydrogens is 342 g/mol. The number of hydrogen-bond donors (Lipinski definition) is 1. The molecule has 2 aromatic heterocycles. The summed E-state index contributed by atoms with van der Waals surface area (Å²) in [6, 6.07) is 0. The van der Waals surface area contributed by atoms with E-state index >= 15 is 0 Å². The number of aromatic nitrogens is 4. The summed E-state index contributed by atoms with van der Waals surface area (Å²) in [5.74, 6) is 1.92. The van der Waals surface area contributed by atoms with Crippen LogP contribution in [0.25, 0.3) is 0 Å². The maximum absolute atomic E-state index is 12.5. The quantitative estimate of drug-likeness (QED) is 0.862. The Morgan fingerprint density at radius 3 is 2.48 bits per heavy atom. The Kier molecular flexibility index (Phi) is 5.53. The van der Waals surface area contributed by atoms with Crippen LogP contribution in [0.15, 0.2) is 31.0 Å². The fraction of sp³-hybridized carbons (Fsp3) is 0.526. The van der Waals surface area contributed by atoms with Gasteiger partial charge in [0.2, 0.25) is 5.91 Å². The summed E-state index contributed by atoms with van der Waals surface area (Å²) >= 11 is 0. The van der Waals surface area contributed by atoms with Crippen LogP contribution in [0.3, 0.4) is 0 Å². The van der Waals surface area contributed by atoms with E-state index in [1.165, 1.54) is 12.8 Å². The molecule has 2 saturated heterocycles. The molecule has 2 aliphatic rings. The van der Waals surface area contributed by atoms with Gasteiger partial charge in [-0.3, -0.25) is 19.7 Å². The number of nitrogens with zero attached hydrogens (tertiary/aromatic N) is 6. The minimum absolute atomic E-state index is 0.257. The number of anilines is 2. The van der Waals surface area contributed by atoms with E-state index in [1.54, 1.807) is 31.0 Å². The zero-order valence-electron chi connectivity index (χ0n) is 15.4. The van der Waals surface area contributed by atoms with Crippen LogP contribution in [-0.2, 0) is 4.79 Å². The van der Waals surface area contributed by atoms with Crippen molar-refractivity contribution in [2.45, 2.75) is 31.6 Å². The van der Waals surface area contributed by atoms with E-state index < -0.39 is 0 Å². The highest BCUT2D eigenvalue weighted by Gasteiger charge is 2.28. The highest BCUT2D eigenvalue weighted by molar-refractivity contribution is 5.78. The monoisotopic (exact) mass is 367 g/mol. The van der Waals surface area contributed by atoms with E-state index in [4.69, 9.17) is 0 Å². The third-order valence-electron chi connectivity index (χ3n) is 5.33. The Morgan fingerprint density at radius 1 is 1.00 bits per heavy atom. The number of rotatable bonds is 5. The molecule has 1 amide bonds. The molecule has 0 saturated carbocycles. The van der Waals surface area contributed by atoms with Gasteiger partial charge < -0.3 is 10.2 Å². The summed E-state index contributed by atoms with van der Waals surface area (Å²) in [6.07, 6.45) is 12.6. The largest absolute Gasteiger partial charge is 0.342 e. The lowest BCUT2D eigenvalue weighted by Crippen LogP contribution is -2.43. The van der Waals surface area contributed by atoms with Gasteiger partial charge in [-0.25, -0.2) is 9.97 Å². The van der Waals surface area contributed by atoms with Gasteiger partial charge in [-0.2, -0.15) is 0 Å². The molecule has 142 valence electrons. The van der Waals surface area contributed by atoms with Gasteiger partial charge in [0.15, 0.2) is 5.82 Å². The minimum atomic E-state index is 0.257. The van der Waals surface area contributed by atoms with Crippen molar-refractivity contribution in [3.05, 3.63) is 36.7 Å². The second-order valence-corrected chi connectivity index (χ2v) is 7.14. The molecule has 8 nitrogen and oxygen atoms in total. The van der Waals surface area contributed by atoms with Crippen LogP contribution in [0.4, 0.5) is 11.6 Å². The Morgan fingerprint density at radius 2 is 1.74 bits per heavy atom. The van der Waals surface area contributed by atoms with Crippen molar-refractivity contribution in [3.63, 3.8) is 0 Å². The molecule has 2 aromatic rings. The summed E-state index contributed by atoms with van der Waals surface area (Å²) in [6.45, 7) is 4.23. The first-order valence-corrected chi connectivity index (χ1v) is 9.63. The van der Waals surface area contributed by atoms with Crippen molar-refractivity contribution in [3.8, 4) is 0 Å². The maximum Gasteiger partial charge on any atom is 0.236 e. The van der Waals surface area contributed by atoms with Crippen molar-refractivity contribution in [1.29, 1.82) is 0 Å². The number of carbonyl (C=O) groups is 1. The molecule has 0 aromatic carbocycles. The third kappa shape index (κ3) is 4.39. The molecule has 0 bridgehead atoms. The zero-order valence-corrected chi connectivity index (χ0v) is 15.4. The smallest absolute Gasteiger partial charge is 0.236 e. The minimum Gasteiger partial charge on any atom is -0.342 e. The first kappa shape index (κ1) is 17.8. The highest BCUT2D eigenvalue weighted by Crippen LogP contribution is 2.31. The van der Waals surface area contributed by atoms with Crippen molar-refractivity contribution in [2.24, 2.45) is 0 Å². The molecule has 1 N–H and O–H groups in total. The van der Waals surface area contributed by atoms with E-state index in [9.17, 15) is 4.79 Å². The summed E-state index contributed by atoms with van der Waals surface area (Å²) in [5, 5.41) is 3.22. The lowest BCUT2D eigenvalue weighted by Gasteiger charge is -2.33. The summed E-state index contributed by atoms with van der Waals surface area (Å²) < 4.78 is 0. The van der Waals surface area contributed by atoms with Gasteiger partial charge in [-0.1, -0.05) is 0 Å². The second kappa shape index (κ2) is 8.39. The molecule has 4 rings (SSSR count). The van der Waals surface area contributed by atoms with E-state index in [0.717, 1.165) is 50.5 Å². The molecule has 27 heavy (non-hydrogen) atoms. The fourth-order valence-electron chi connectivity index (χ4n) is 3.86. The van der Waals surface area contributed by atoms with Gasteiger partial charge in [0.25, 0.3) is 0 Å². The van der Waals surface area contributed by atoms with Crippen LogP contribution in [0, 0.1) is 0 Å². The van der Waals surface area contributed by atoms with Crippen LogP contribution < -0.4 is 5.32 Å². The van der Waals surface area contributed by atoms with Gasteiger partial charge in [-0.15, -0.1) is 0 Å². The van der Waals surface area contributed by atoms with Crippen molar-refractivity contribution in [1.82, 2.24) is 29.7 Å². The number of hydrogen-bond acceptors (Lipinski definition) is 7. The molecule has 0 radical (unpaired) electrons. The van der Waals surface area contributed by atoms with Gasteiger partial charge in [0, 0.05) is 43.8 Å². The van der Waals surface area contributed by atoms with Gasteiger partial charge in [0.1, 0.15) is 5.82 Å². The Labute approximate surface area is 159 Å². The Hall–Kier alpha value is -2.61. The Bertz CT molecular complexity index is 756. The molecule has 0 aliphatic carbocycles. The number of piperidine rings is 1. The highest BCUT2D eigenvalue weighted by atomic mass is 16.2. The molecule has 4 heterocycles. The zero-order chi connectivity index (χ0) is 18.5. The van der Waals surface area contributed by atoms with Crippen LogP contribution in [0.2, 0.25) is 0 Å². The normalized spacial score (nSPS) is 18.6. The number of amides is 1. The lowest BCUT2D eigenvalue weighted by atomic mass is 9.93. The van der Waals surface area contributed by atoms with Crippen LogP contribution >= 0.6 is 0 Å². The molecule has 0 unspecified atom stereocenters. The molecule has 8 heteroatoms. The predicted octanol–water partition coefficient (Wildman–Crippen LogP) is 1.81. The van der Waals surface area contributed by atoms with E-state index in [0.29, 0.717) is 12.4 Å². The van der Waals surface area contributed by atoms with Crippen molar-refractivity contribution in [2.75, 3.05) is 38.0 Å². The van der Waals surface area contributed by atoms with Gasteiger partial charge >= 0.3 is 0 Å². The summed E-state index contributed by atoms with van der Waals surface area (Å²) in [4.78, 5) is 34.1. The van der Waals surface area contributed by atoms with Crippen LogP contribution in [-0.4, -0.2) is 68.4 Å². The Balaban J connectivity index is 1.37. The molecule has 0 spiro atoms. The van der Waals surface area contributed by atoms with Crippen LogP contribution in [0.1, 0.15) is 37.3 Å². The van der Waals surface area contributed by atoms with Crippen LogP contribution in [0.5, 0.6) is 0 Å². The first-order chi connectivity index (χ1) is 13.3. The van der Waals surface area contributed by atoms with Gasteiger partial charge in [-0.05, 0) is 38.8 Å². The summed E-state index contributed by atoms with van der Waals surface area (Å²) in [7, 11) is 0. The topological polar surface area (TPSA) is 87.1 Å². The van der Waals surface area contributed by atoms with E-state index in [-0.39, 0.29) is 11.8 Å². The SMILES string of the molecule is O=C(CN1CCCC1)N1CCC(c2nccnc2Nc2cnccn2)CC1. The second-order valence-electron chi connectivity index (χ2n) is 7.14. The molecular formula is C19H25N7O. The maximum atomic E-state index is 12.5. The predicted molar refractivity (Wildman–Crippen MR) is 102 cm³/mol. The average Bonchev–Trinajstić information content (AvgIpc) is 3.22. The van der Waals surface area contributed by atoms with E-state index in [1.807, 2.05) is 4.90 Å². The first-order valence-electron chi connectivity index (χ1n) is 9.63. The fourth-order valence-corrected chi connectivity index (χ4v) is 3.86. The third-order valence-corrected chi connectivity index (χ3v) is 5.33. The molecule has 2 fully saturated rings. The standard InChI is InChI=1S/C19H25N7O/c27-17(14-25-9-1-2-10-25)26-11-3-15(4-12-26)18-19(23-8-7-22-18)24-16-13-20-5-6-21-16/h5-8,13,15H,1-4,9-12,14H2,(H,21,23,24). The van der Waals surface area contributed by atoms with E-state index in [2.05, 4.69) is 30.2 Å². The number of nitrogens with one attached hydrogen (secondary N) is 1. The number of carbonyl (C=O) groups excluding carboxylic acids is 1. The molecule has 2 aliphatic heterocycles. The lowest BCUT2D eigenvalue weighted by molar-refractivity contribution is -0.133. The molecule has 0 atom stereocenters. The van der Waals surface area contributed by atoms with Crippen molar-refractivity contribution >= 4 is 17.5 Å². The number of likely N-dealkylation sites (tertiary alicyclic amines) is 2. The summed E-state index contributed by atoms with van der Waals surface area (Å²) in [5.41, 5.74) is 0.940. The van der Waals surface area contributed by atoms with Crippen molar-refractivity contribution < 1.29 is 4.79 Å². The van der Waals surface area contributed by atoms with Gasteiger partial charge in [0.05, 0.1) is 18.4 Å².